The molecule has 9 heavy (non-hydrogen) atoms. The summed E-state index contributed by atoms with van der Waals surface area (Å²) in [5.74, 6) is -0.451. The van der Waals surface area contributed by atoms with E-state index in [-0.39, 0.29) is 6.42 Å². The third kappa shape index (κ3) is 2.03. The minimum atomic E-state index is -0.451. The largest absolute Gasteiger partial charge is 0.513 e. The summed E-state index contributed by atoms with van der Waals surface area (Å²) in [5.41, 5.74) is -0.419. The first-order chi connectivity index (χ1) is 4.26. The lowest BCUT2D eigenvalue weighted by Gasteiger charge is -1.87. The van der Waals surface area contributed by atoms with Gasteiger partial charge in [-0.2, -0.15) is 0 Å². The van der Waals surface area contributed by atoms with Crippen molar-refractivity contribution in [3.63, 3.8) is 0 Å². The van der Waals surface area contributed by atoms with E-state index in [1.165, 1.54) is 0 Å². The number of ketones is 1. The molecule has 0 atom stereocenters. The van der Waals surface area contributed by atoms with Crippen LogP contribution in [0, 0.1) is 4.91 Å². The molecule has 0 unspecified atom stereocenters. The summed E-state index contributed by atoms with van der Waals surface area (Å²) >= 11 is 0. The van der Waals surface area contributed by atoms with Gasteiger partial charge in [0.15, 0.2) is 11.5 Å². The van der Waals surface area contributed by atoms with Crippen molar-refractivity contribution in [2.75, 3.05) is 0 Å². The molecule has 0 bridgehead atoms. The van der Waals surface area contributed by atoms with Crippen molar-refractivity contribution < 1.29 is 9.90 Å². The van der Waals surface area contributed by atoms with E-state index in [0.29, 0.717) is 6.26 Å². The highest BCUT2D eigenvalue weighted by atomic mass is 16.3. The van der Waals surface area contributed by atoms with Gasteiger partial charge in [-0.3, -0.25) is 4.79 Å². The standard InChI is InChI=1S/C5H7NO3/c1-2-5(8)4(3-7)6-9/h3,7H,2H2,1H3/b4-3-. The van der Waals surface area contributed by atoms with E-state index in [2.05, 4.69) is 5.18 Å². The van der Waals surface area contributed by atoms with Crippen LogP contribution in [-0.2, 0) is 4.79 Å². The summed E-state index contributed by atoms with van der Waals surface area (Å²) in [4.78, 5) is 20.1. The van der Waals surface area contributed by atoms with Crippen molar-refractivity contribution in [3.05, 3.63) is 16.9 Å². The molecule has 0 aliphatic heterocycles. The van der Waals surface area contributed by atoms with Crippen molar-refractivity contribution in [2.45, 2.75) is 13.3 Å². The fourth-order valence-electron chi connectivity index (χ4n) is 0.328. The Bertz CT molecular complexity index is 150. The Hall–Kier alpha value is -1.19. The number of carbonyl (C=O) groups is 1. The molecular weight excluding hydrogens is 122 g/mol. The van der Waals surface area contributed by atoms with Crippen LogP contribution in [0.4, 0.5) is 0 Å². The molecule has 0 aliphatic carbocycles. The number of rotatable bonds is 3. The molecule has 0 saturated heterocycles. The number of aliphatic hydroxyl groups excluding tert-OH is 1. The van der Waals surface area contributed by atoms with E-state index in [1.54, 1.807) is 6.92 Å². The molecule has 0 rings (SSSR count). The maximum absolute atomic E-state index is 10.5. The molecule has 0 fully saturated rings. The van der Waals surface area contributed by atoms with Crippen LogP contribution < -0.4 is 0 Å². The summed E-state index contributed by atoms with van der Waals surface area (Å²) in [6, 6.07) is 0. The fraction of sp³-hybridized carbons (Fsp3) is 0.400. The van der Waals surface area contributed by atoms with Gasteiger partial charge in [0.05, 0.1) is 0 Å². The first-order valence-electron chi connectivity index (χ1n) is 2.47. The molecule has 0 aromatic rings. The topological polar surface area (TPSA) is 66.7 Å². The molecule has 0 amide bonds. The SMILES string of the molecule is CCC(=O)/C(=C/O)N=O. The van der Waals surface area contributed by atoms with Gasteiger partial charge in [-0.05, 0) is 5.18 Å². The summed E-state index contributed by atoms with van der Waals surface area (Å²) < 4.78 is 0. The lowest BCUT2D eigenvalue weighted by atomic mass is 10.2. The number of nitroso groups, excluding NO2 is 1. The van der Waals surface area contributed by atoms with Gasteiger partial charge in [0.1, 0.15) is 6.26 Å². The molecule has 50 valence electrons. The van der Waals surface area contributed by atoms with Gasteiger partial charge < -0.3 is 5.11 Å². The van der Waals surface area contributed by atoms with Crippen molar-refractivity contribution >= 4 is 5.78 Å². The van der Waals surface area contributed by atoms with E-state index in [0.717, 1.165) is 0 Å². The van der Waals surface area contributed by atoms with Crippen LogP contribution in [0.25, 0.3) is 0 Å². The zero-order chi connectivity index (χ0) is 7.28. The fourth-order valence-corrected chi connectivity index (χ4v) is 0.328. The Kier molecular flexibility index (Phi) is 3.27. The number of hydrogen-bond donors (Lipinski definition) is 1. The molecule has 0 saturated carbocycles. The van der Waals surface area contributed by atoms with Crippen LogP contribution in [0.2, 0.25) is 0 Å². The average Bonchev–Trinajstić information content (AvgIpc) is 1.90. The van der Waals surface area contributed by atoms with Gasteiger partial charge in [-0.15, -0.1) is 4.91 Å². The number of nitrogens with zero attached hydrogens (tertiary/aromatic N) is 1. The quantitative estimate of drug-likeness (QED) is 0.353. The molecule has 0 aliphatic rings. The normalized spacial score (nSPS) is 11.0. The van der Waals surface area contributed by atoms with Crippen LogP contribution in [0.15, 0.2) is 17.1 Å². The molecule has 0 heterocycles. The molecule has 1 N–H and O–H groups in total. The Morgan fingerprint density at radius 1 is 1.78 bits per heavy atom. The minimum absolute atomic E-state index is 0.179. The zero-order valence-electron chi connectivity index (χ0n) is 5.00. The third-order valence-corrected chi connectivity index (χ3v) is 0.827. The average molecular weight is 129 g/mol. The Balaban J connectivity index is 4.14. The Morgan fingerprint density at radius 3 is 2.44 bits per heavy atom. The maximum Gasteiger partial charge on any atom is 0.187 e. The van der Waals surface area contributed by atoms with Crippen molar-refractivity contribution in [1.29, 1.82) is 0 Å². The van der Waals surface area contributed by atoms with Gasteiger partial charge in [0, 0.05) is 6.42 Å². The predicted octanol–water partition coefficient (Wildman–Crippen LogP) is 1.13. The monoisotopic (exact) mass is 129 g/mol. The predicted molar refractivity (Wildman–Crippen MR) is 31.8 cm³/mol. The highest BCUT2D eigenvalue weighted by molar-refractivity contribution is 5.94. The van der Waals surface area contributed by atoms with Crippen LogP contribution in [0.5, 0.6) is 0 Å². The smallest absolute Gasteiger partial charge is 0.187 e. The molecule has 4 heteroatoms. The van der Waals surface area contributed by atoms with Gasteiger partial charge >= 0.3 is 0 Å². The number of allylic oxidation sites excluding steroid dienone is 1. The van der Waals surface area contributed by atoms with Crippen molar-refractivity contribution in [2.24, 2.45) is 5.18 Å². The van der Waals surface area contributed by atoms with E-state index in [9.17, 15) is 9.70 Å². The van der Waals surface area contributed by atoms with Gasteiger partial charge in [-0.25, -0.2) is 0 Å². The number of Topliss-reactive ketones (excluding diaryl/α,β-unsaturated/α-hetero) is 1. The summed E-state index contributed by atoms with van der Waals surface area (Å²) in [5, 5.41) is 10.4. The van der Waals surface area contributed by atoms with E-state index < -0.39 is 11.5 Å². The molecule has 0 radical (unpaired) electrons. The molecular formula is C5H7NO3. The highest BCUT2D eigenvalue weighted by Gasteiger charge is 2.05. The van der Waals surface area contributed by atoms with Gasteiger partial charge in [0.2, 0.25) is 0 Å². The first-order valence-corrected chi connectivity index (χ1v) is 2.47. The number of aliphatic hydroxyl groups is 1. The van der Waals surface area contributed by atoms with Gasteiger partial charge in [0.25, 0.3) is 0 Å². The molecule has 0 aromatic heterocycles. The van der Waals surface area contributed by atoms with E-state index in [1.807, 2.05) is 0 Å². The van der Waals surface area contributed by atoms with Gasteiger partial charge in [-0.1, -0.05) is 6.92 Å². The second-order valence-electron chi connectivity index (χ2n) is 1.38. The van der Waals surface area contributed by atoms with Crippen LogP contribution in [0.1, 0.15) is 13.3 Å². The number of hydrogen-bond acceptors (Lipinski definition) is 4. The third-order valence-electron chi connectivity index (χ3n) is 0.827. The first kappa shape index (κ1) is 7.81. The molecule has 4 nitrogen and oxygen atoms in total. The summed E-state index contributed by atoms with van der Waals surface area (Å²) in [6.07, 6.45) is 0.594. The van der Waals surface area contributed by atoms with E-state index >= 15 is 0 Å². The summed E-state index contributed by atoms with van der Waals surface area (Å²) in [7, 11) is 0. The highest BCUT2D eigenvalue weighted by Crippen LogP contribution is 1.98. The number of carbonyl (C=O) groups excluding carboxylic acids is 1. The Labute approximate surface area is 52.2 Å². The zero-order valence-corrected chi connectivity index (χ0v) is 5.00. The second-order valence-corrected chi connectivity index (χ2v) is 1.38. The lowest BCUT2D eigenvalue weighted by molar-refractivity contribution is -0.115. The van der Waals surface area contributed by atoms with Crippen LogP contribution in [-0.4, -0.2) is 10.9 Å². The second kappa shape index (κ2) is 3.77. The van der Waals surface area contributed by atoms with E-state index in [4.69, 9.17) is 5.11 Å². The van der Waals surface area contributed by atoms with Crippen LogP contribution >= 0.6 is 0 Å². The van der Waals surface area contributed by atoms with Crippen molar-refractivity contribution in [1.82, 2.24) is 0 Å². The maximum atomic E-state index is 10.5. The van der Waals surface area contributed by atoms with Crippen molar-refractivity contribution in [3.8, 4) is 0 Å². The van der Waals surface area contributed by atoms with Crippen LogP contribution in [0.3, 0.4) is 0 Å². The molecule has 0 spiro atoms. The minimum Gasteiger partial charge on any atom is -0.513 e. The molecule has 0 aromatic carbocycles. The Morgan fingerprint density at radius 2 is 2.33 bits per heavy atom. The summed E-state index contributed by atoms with van der Waals surface area (Å²) in [6.45, 7) is 1.58. The lowest BCUT2D eigenvalue weighted by Crippen LogP contribution is -1.96.